The van der Waals surface area contributed by atoms with Crippen LogP contribution < -0.4 is 5.32 Å². The second-order valence-corrected chi connectivity index (χ2v) is 10.4. The molecule has 2 N–H and O–H groups in total. The van der Waals surface area contributed by atoms with Crippen LogP contribution in [0.2, 0.25) is 0 Å². The summed E-state index contributed by atoms with van der Waals surface area (Å²) in [6.45, 7) is 15.3. The van der Waals surface area contributed by atoms with E-state index in [2.05, 4.69) is 11.9 Å². The van der Waals surface area contributed by atoms with Gasteiger partial charge in [0.1, 0.15) is 24.9 Å². The Morgan fingerprint density at radius 3 is 2.18 bits per heavy atom. The number of aliphatic hydroxyl groups excluding tert-OH is 1. The van der Waals surface area contributed by atoms with Crippen molar-refractivity contribution in [1.29, 1.82) is 0 Å². The minimum absolute atomic E-state index is 0.260. The maximum absolute atomic E-state index is 12.6. The molecule has 0 aliphatic carbocycles. The molecule has 1 amide bonds. The lowest BCUT2D eigenvalue weighted by Crippen LogP contribution is -2.66. The maximum atomic E-state index is 12.6. The van der Waals surface area contributed by atoms with E-state index in [9.17, 15) is 19.5 Å². The number of hydrogen-bond donors (Lipinski definition) is 2. The van der Waals surface area contributed by atoms with E-state index in [-0.39, 0.29) is 6.61 Å². The lowest BCUT2D eigenvalue weighted by Gasteiger charge is -2.44. The third-order valence-electron chi connectivity index (χ3n) is 4.97. The molecule has 1 aliphatic rings. The summed E-state index contributed by atoms with van der Waals surface area (Å²) in [5.41, 5.74) is -1.58. The number of hydrogen-bond acceptors (Lipinski definition) is 8. The summed E-state index contributed by atoms with van der Waals surface area (Å²) < 4.78 is 22.8. The highest BCUT2D eigenvalue weighted by molar-refractivity contribution is 5.76. The SMILES string of the molecule is C=CCCCCOC1OC(COC(=O)C(C)(C)C)C(O)C(OC(=O)C(C)(C)C)C1NC(C)=O. The maximum Gasteiger partial charge on any atom is 0.311 e. The summed E-state index contributed by atoms with van der Waals surface area (Å²) in [5.74, 6) is -1.42. The molecule has 9 heteroatoms. The molecule has 190 valence electrons. The van der Waals surface area contributed by atoms with Crippen LogP contribution in [0.1, 0.15) is 67.7 Å². The van der Waals surface area contributed by atoms with Crippen molar-refractivity contribution in [2.45, 2.75) is 98.4 Å². The molecular formula is C24H41NO8. The number of aliphatic hydroxyl groups is 1. The molecular weight excluding hydrogens is 430 g/mol. The molecule has 0 aromatic carbocycles. The van der Waals surface area contributed by atoms with Crippen LogP contribution in [0.3, 0.4) is 0 Å². The average molecular weight is 472 g/mol. The Balaban J connectivity index is 3.12. The van der Waals surface area contributed by atoms with E-state index in [1.807, 2.05) is 6.08 Å². The van der Waals surface area contributed by atoms with Crippen LogP contribution in [-0.2, 0) is 33.3 Å². The molecule has 0 radical (unpaired) electrons. The van der Waals surface area contributed by atoms with Crippen molar-refractivity contribution < 1.29 is 38.4 Å². The Morgan fingerprint density at radius 1 is 1.06 bits per heavy atom. The fourth-order valence-corrected chi connectivity index (χ4v) is 2.99. The molecule has 1 heterocycles. The van der Waals surface area contributed by atoms with Gasteiger partial charge in [0.05, 0.1) is 10.8 Å². The molecule has 5 atom stereocenters. The zero-order valence-corrected chi connectivity index (χ0v) is 21.0. The zero-order valence-electron chi connectivity index (χ0n) is 21.0. The number of rotatable bonds is 10. The molecule has 0 aromatic heterocycles. The van der Waals surface area contributed by atoms with Crippen LogP contribution >= 0.6 is 0 Å². The van der Waals surface area contributed by atoms with Gasteiger partial charge >= 0.3 is 11.9 Å². The van der Waals surface area contributed by atoms with Crippen molar-refractivity contribution in [3.8, 4) is 0 Å². The molecule has 0 spiro atoms. The predicted octanol–water partition coefficient (Wildman–Crippen LogP) is 2.50. The van der Waals surface area contributed by atoms with E-state index < -0.39 is 59.3 Å². The Kier molecular flexibility index (Phi) is 11.0. The first-order valence-corrected chi connectivity index (χ1v) is 11.4. The highest BCUT2D eigenvalue weighted by atomic mass is 16.7. The summed E-state index contributed by atoms with van der Waals surface area (Å²) in [6.07, 6.45) is -0.327. The number of unbranched alkanes of at least 4 members (excludes halogenated alkanes) is 2. The Morgan fingerprint density at radius 2 is 1.67 bits per heavy atom. The highest BCUT2D eigenvalue weighted by Gasteiger charge is 2.50. The van der Waals surface area contributed by atoms with Crippen molar-refractivity contribution in [2.75, 3.05) is 13.2 Å². The monoisotopic (exact) mass is 471 g/mol. The second-order valence-electron chi connectivity index (χ2n) is 10.4. The van der Waals surface area contributed by atoms with Gasteiger partial charge in [-0.25, -0.2) is 0 Å². The minimum atomic E-state index is -1.36. The Bertz CT molecular complexity index is 679. The van der Waals surface area contributed by atoms with Gasteiger partial charge < -0.3 is 29.4 Å². The fourth-order valence-electron chi connectivity index (χ4n) is 2.99. The van der Waals surface area contributed by atoms with Gasteiger partial charge in [0.15, 0.2) is 12.4 Å². The molecule has 0 bridgehead atoms. The first-order chi connectivity index (χ1) is 15.2. The lowest BCUT2D eigenvalue weighted by atomic mass is 9.94. The number of esters is 2. The van der Waals surface area contributed by atoms with Crippen LogP contribution in [0.4, 0.5) is 0 Å². The van der Waals surface area contributed by atoms with Gasteiger partial charge in [0.2, 0.25) is 5.91 Å². The van der Waals surface area contributed by atoms with Crippen LogP contribution in [0.15, 0.2) is 12.7 Å². The number of carbonyl (C=O) groups excluding carboxylic acids is 3. The first-order valence-electron chi connectivity index (χ1n) is 11.4. The summed E-state index contributed by atoms with van der Waals surface area (Å²) >= 11 is 0. The molecule has 1 saturated heterocycles. The van der Waals surface area contributed by atoms with Gasteiger partial charge in [-0.05, 0) is 60.8 Å². The van der Waals surface area contributed by atoms with Crippen LogP contribution in [0, 0.1) is 10.8 Å². The van der Waals surface area contributed by atoms with Crippen LogP contribution in [-0.4, -0.2) is 66.8 Å². The van der Waals surface area contributed by atoms with E-state index in [1.165, 1.54) is 6.92 Å². The second kappa shape index (κ2) is 12.5. The predicted molar refractivity (Wildman–Crippen MR) is 122 cm³/mol. The third-order valence-corrected chi connectivity index (χ3v) is 4.97. The summed E-state index contributed by atoms with van der Waals surface area (Å²) in [4.78, 5) is 36.7. The number of nitrogens with one attached hydrogen (secondary N) is 1. The van der Waals surface area contributed by atoms with Crippen molar-refractivity contribution in [3.05, 3.63) is 12.7 Å². The van der Waals surface area contributed by atoms with Gasteiger partial charge in [-0.2, -0.15) is 0 Å². The molecule has 5 unspecified atom stereocenters. The number of allylic oxidation sites excluding steroid dienone is 1. The molecule has 1 fully saturated rings. The summed E-state index contributed by atoms with van der Waals surface area (Å²) in [7, 11) is 0. The smallest absolute Gasteiger partial charge is 0.311 e. The van der Waals surface area contributed by atoms with Gasteiger partial charge in [-0.1, -0.05) is 6.08 Å². The molecule has 33 heavy (non-hydrogen) atoms. The van der Waals surface area contributed by atoms with E-state index in [1.54, 1.807) is 41.5 Å². The molecule has 1 aliphatic heterocycles. The zero-order chi connectivity index (χ0) is 25.4. The van der Waals surface area contributed by atoms with Crippen molar-refractivity contribution in [2.24, 2.45) is 10.8 Å². The van der Waals surface area contributed by atoms with Gasteiger partial charge in [0, 0.05) is 13.5 Å². The number of ether oxygens (including phenoxy) is 4. The van der Waals surface area contributed by atoms with Crippen LogP contribution in [0.25, 0.3) is 0 Å². The van der Waals surface area contributed by atoms with E-state index >= 15 is 0 Å². The Labute approximate surface area is 197 Å². The topological polar surface area (TPSA) is 120 Å². The van der Waals surface area contributed by atoms with Gasteiger partial charge in [-0.15, -0.1) is 6.58 Å². The number of carbonyl (C=O) groups is 3. The third kappa shape index (κ3) is 9.43. The van der Waals surface area contributed by atoms with Crippen molar-refractivity contribution in [1.82, 2.24) is 5.32 Å². The summed E-state index contributed by atoms with van der Waals surface area (Å²) in [5, 5.41) is 13.7. The average Bonchev–Trinajstić information content (AvgIpc) is 2.68. The van der Waals surface area contributed by atoms with Gasteiger partial charge in [0.25, 0.3) is 0 Å². The normalized spacial score (nSPS) is 25.8. The summed E-state index contributed by atoms with van der Waals surface area (Å²) in [6, 6.07) is -0.947. The van der Waals surface area contributed by atoms with Crippen LogP contribution in [0.5, 0.6) is 0 Å². The van der Waals surface area contributed by atoms with E-state index in [4.69, 9.17) is 18.9 Å². The Hall–Kier alpha value is -1.97. The van der Waals surface area contributed by atoms with E-state index in [0.717, 1.165) is 19.3 Å². The van der Waals surface area contributed by atoms with E-state index in [0.29, 0.717) is 6.61 Å². The quantitative estimate of drug-likeness (QED) is 0.283. The molecule has 9 nitrogen and oxygen atoms in total. The van der Waals surface area contributed by atoms with Crippen molar-refractivity contribution >= 4 is 17.8 Å². The molecule has 0 saturated carbocycles. The standard InChI is InChI=1S/C24H41NO8/c1-9-10-11-12-13-30-20-17(25-15(2)26)19(33-22(29)24(6,7)8)18(27)16(32-20)14-31-21(28)23(3,4)5/h9,16-20,27H,1,10-14H2,2-8H3,(H,25,26). The lowest BCUT2D eigenvalue weighted by molar-refractivity contribution is -0.276. The molecule has 1 rings (SSSR count). The van der Waals surface area contributed by atoms with Crippen molar-refractivity contribution in [3.63, 3.8) is 0 Å². The highest BCUT2D eigenvalue weighted by Crippen LogP contribution is 2.28. The largest absolute Gasteiger partial charge is 0.462 e. The fraction of sp³-hybridized carbons (Fsp3) is 0.792. The minimum Gasteiger partial charge on any atom is -0.462 e. The molecule has 0 aromatic rings. The van der Waals surface area contributed by atoms with Gasteiger partial charge in [-0.3, -0.25) is 14.4 Å². The number of amides is 1. The first kappa shape index (κ1) is 29.1.